The van der Waals surface area contributed by atoms with Gasteiger partial charge in [0.2, 0.25) is 5.91 Å². The second-order valence-electron chi connectivity index (χ2n) is 5.44. The van der Waals surface area contributed by atoms with E-state index in [1.165, 1.54) is 11.9 Å². The van der Waals surface area contributed by atoms with E-state index in [1.807, 2.05) is 56.3 Å². The number of aromatic nitrogens is 2. The number of para-hydroxylation sites is 1. The van der Waals surface area contributed by atoms with E-state index in [4.69, 9.17) is 0 Å². The maximum atomic E-state index is 12.1. The highest BCUT2D eigenvalue weighted by molar-refractivity contribution is 5.95. The number of rotatable bonds is 4. The molecule has 116 valence electrons. The average Bonchev–Trinajstić information content (AvgIpc) is 2.56. The number of benzene rings is 2. The van der Waals surface area contributed by atoms with E-state index < -0.39 is 0 Å². The summed E-state index contributed by atoms with van der Waals surface area (Å²) in [6.07, 6.45) is 1.49. The molecule has 1 aromatic heterocycles. The summed E-state index contributed by atoms with van der Waals surface area (Å²) in [5.74, 6) is 0.543. The Kier molecular flexibility index (Phi) is 4.19. The van der Waals surface area contributed by atoms with Gasteiger partial charge in [-0.25, -0.2) is 9.97 Å². The molecule has 0 fully saturated rings. The third kappa shape index (κ3) is 3.45. The molecule has 0 aliphatic carbocycles. The van der Waals surface area contributed by atoms with Gasteiger partial charge in [0.1, 0.15) is 12.1 Å². The number of aryl methyl sites for hydroxylation is 2. The summed E-state index contributed by atoms with van der Waals surface area (Å²) in [4.78, 5) is 20.5. The smallest absolute Gasteiger partial charge is 0.243 e. The molecule has 3 rings (SSSR count). The first-order valence-corrected chi connectivity index (χ1v) is 7.44. The molecule has 0 aliphatic heterocycles. The van der Waals surface area contributed by atoms with E-state index in [2.05, 4.69) is 20.6 Å². The van der Waals surface area contributed by atoms with Crippen molar-refractivity contribution in [3.8, 4) is 0 Å². The third-order valence-corrected chi connectivity index (χ3v) is 3.75. The molecular formula is C18H18N4O. The van der Waals surface area contributed by atoms with Crippen LogP contribution in [-0.4, -0.2) is 22.4 Å². The van der Waals surface area contributed by atoms with Crippen LogP contribution in [0.2, 0.25) is 0 Å². The van der Waals surface area contributed by atoms with E-state index in [0.29, 0.717) is 5.82 Å². The number of amides is 1. The minimum atomic E-state index is -0.115. The largest absolute Gasteiger partial charge is 0.360 e. The van der Waals surface area contributed by atoms with Crippen LogP contribution in [0.4, 0.5) is 11.5 Å². The molecule has 0 aliphatic rings. The van der Waals surface area contributed by atoms with Crippen LogP contribution in [0, 0.1) is 13.8 Å². The molecule has 3 aromatic rings. The molecule has 0 bridgehead atoms. The van der Waals surface area contributed by atoms with Crippen LogP contribution in [0.3, 0.4) is 0 Å². The topological polar surface area (TPSA) is 66.9 Å². The van der Waals surface area contributed by atoms with Gasteiger partial charge in [0.05, 0.1) is 12.1 Å². The molecule has 0 radical (unpaired) electrons. The quantitative estimate of drug-likeness (QED) is 0.776. The molecule has 0 unspecified atom stereocenters. The Hall–Kier alpha value is -2.95. The highest BCUT2D eigenvalue weighted by Crippen LogP contribution is 2.18. The lowest BCUT2D eigenvalue weighted by Crippen LogP contribution is -2.22. The first kappa shape index (κ1) is 15.0. The van der Waals surface area contributed by atoms with Gasteiger partial charge in [-0.1, -0.05) is 18.2 Å². The van der Waals surface area contributed by atoms with Crippen LogP contribution in [-0.2, 0) is 4.79 Å². The van der Waals surface area contributed by atoms with Gasteiger partial charge < -0.3 is 10.6 Å². The zero-order chi connectivity index (χ0) is 16.2. The van der Waals surface area contributed by atoms with Crippen LogP contribution in [0.15, 0.2) is 48.8 Å². The first-order chi connectivity index (χ1) is 11.1. The number of fused-ring (bicyclic) bond motifs is 1. The molecule has 23 heavy (non-hydrogen) atoms. The van der Waals surface area contributed by atoms with E-state index in [0.717, 1.165) is 22.2 Å². The molecular weight excluding hydrogens is 288 g/mol. The predicted octanol–water partition coefficient (Wildman–Crippen LogP) is 3.30. The SMILES string of the molecule is Cc1ccc(NC(=O)CNc2ncnc3ccccc23)cc1C. The number of carbonyl (C=O) groups is 1. The van der Waals surface area contributed by atoms with Crippen LogP contribution < -0.4 is 10.6 Å². The maximum absolute atomic E-state index is 12.1. The zero-order valence-electron chi connectivity index (χ0n) is 13.1. The summed E-state index contributed by atoms with van der Waals surface area (Å²) in [5.41, 5.74) is 4.00. The number of anilines is 2. The second kappa shape index (κ2) is 6.44. The summed E-state index contributed by atoms with van der Waals surface area (Å²) in [5, 5.41) is 6.85. The molecule has 0 spiro atoms. The number of nitrogens with one attached hydrogen (secondary N) is 2. The fraction of sp³-hybridized carbons (Fsp3) is 0.167. The summed E-state index contributed by atoms with van der Waals surface area (Å²) in [7, 11) is 0. The van der Waals surface area contributed by atoms with Crippen molar-refractivity contribution in [2.24, 2.45) is 0 Å². The van der Waals surface area contributed by atoms with Crippen molar-refractivity contribution in [2.75, 3.05) is 17.2 Å². The Morgan fingerprint density at radius 2 is 1.87 bits per heavy atom. The molecule has 0 saturated heterocycles. The van der Waals surface area contributed by atoms with Crippen molar-refractivity contribution in [1.29, 1.82) is 0 Å². The van der Waals surface area contributed by atoms with Crippen molar-refractivity contribution in [1.82, 2.24) is 9.97 Å². The molecule has 0 saturated carbocycles. The monoisotopic (exact) mass is 306 g/mol. The van der Waals surface area contributed by atoms with Crippen molar-refractivity contribution >= 4 is 28.3 Å². The normalized spacial score (nSPS) is 10.5. The lowest BCUT2D eigenvalue weighted by molar-refractivity contribution is -0.114. The number of hydrogen-bond acceptors (Lipinski definition) is 4. The lowest BCUT2D eigenvalue weighted by Gasteiger charge is -2.10. The molecule has 1 heterocycles. The summed E-state index contributed by atoms with van der Waals surface area (Å²) < 4.78 is 0. The Morgan fingerprint density at radius 3 is 2.70 bits per heavy atom. The molecule has 0 atom stereocenters. The minimum Gasteiger partial charge on any atom is -0.360 e. The van der Waals surface area contributed by atoms with Crippen molar-refractivity contribution in [3.05, 3.63) is 59.9 Å². The Morgan fingerprint density at radius 1 is 1.04 bits per heavy atom. The fourth-order valence-electron chi connectivity index (χ4n) is 2.33. The fourth-order valence-corrected chi connectivity index (χ4v) is 2.33. The van der Waals surface area contributed by atoms with Crippen molar-refractivity contribution in [2.45, 2.75) is 13.8 Å². The average molecular weight is 306 g/mol. The van der Waals surface area contributed by atoms with Gasteiger partial charge in [0, 0.05) is 11.1 Å². The molecule has 1 amide bonds. The molecule has 2 N–H and O–H groups in total. The zero-order valence-corrected chi connectivity index (χ0v) is 13.1. The van der Waals surface area contributed by atoms with Gasteiger partial charge in [-0.15, -0.1) is 0 Å². The number of carbonyl (C=O) groups excluding carboxylic acids is 1. The highest BCUT2D eigenvalue weighted by Gasteiger charge is 2.06. The van der Waals surface area contributed by atoms with Gasteiger partial charge in [0.15, 0.2) is 0 Å². The third-order valence-electron chi connectivity index (χ3n) is 3.75. The Bertz CT molecular complexity index is 855. The van der Waals surface area contributed by atoms with Gasteiger partial charge in [-0.2, -0.15) is 0 Å². The van der Waals surface area contributed by atoms with Crippen LogP contribution >= 0.6 is 0 Å². The first-order valence-electron chi connectivity index (χ1n) is 7.44. The van der Waals surface area contributed by atoms with Crippen LogP contribution in [0.1, 0.15) is 11.1 Å². The maximum Gasteiger partial charge on any atom is 0.243 e. The van der Waals surface area contributed by atoms with Crippen molar-refractivity contribution in [3.63, 3.8) is 0 Å². The molecule has 2 aromatic carbocycles. The van der Waals surface area contributed by atoms with Gasteiger partial charge in [-0.3, -0.25) is 4.79 Å². The summed E-state index contributed by atoms with van der Waals surface area (Å²) >= 11 is 0. The van der Waals surface area contributed by atoms with Crippen LogP contribution in [0.25, 0.3) is 10.9 Å². The van der Waals surface area contributed by atoms with E-state index in [9.17, 15) is 4.79 Å². The summed E-state index contributed by atoms with van der Waals surface area (Å²) in [6.45, 7) is 4.22. The van der Waals surface area contributed by atoms with E-state index >= 15 is 0 Å². The van der Waals surface area contributed by atoms with Crippen LogP contribution in [0.5, 0.6) is 0 Å². The number of hydrogen-bond donors (Lipinski definition) is 2. The van der Waals surface area contributed by atoms with Gasteiger partial charge in [0.25, 0.3) is 0 Å². The van der Waals surface area contributed by atoms with Crippen molar-refractivity contribution < 1.29 is 4.79 Å². The Balaban J connectivity index is 1.67. The second-order valence-corrected chi connectivity index (χ2v) is 5.44. The minimum absolute atomic E-state index is 0.115. The molecule has 5 heteroatoms. The van der Waals surface area contributed by atoms with Gasteiger partial charge >= 0.3 is 0 Å². The molecule has 5 nitrogen and oxygen atoms in total. The number of nitrogens with zero attached hydrogens (tertiary/aromatic N) is 2. The lowest BCUT2D eigenvalue weighted by atomic mass is 10.1. The summed E-state index contributed by atoms with van der Waals surface area (Å²) in [6, 6.07) is 13.6. The highest BCUT2D eigenvalue weighted by atomic mass is 16.1. The van der Waals surface area contributed by atoms with E-state index in [1.54, 1.807) is 0 Å². The Labute approximate surface area is 134 Å². The predicted molar refractivity (Wildman–Crippen MR) is 92.6 cm³/mol. The standard InChI is InChI=1S/C18H18N4O/c1-12-7-8-14(9-13(12)2)22-17(23)10-19-18-15-5-3-4-6-16(15)20-11-21-18/h3-9,11H,10H2,1-2H3,(H,22,23)(H,19,20,21). The van der Waals surface area contributed by atoms with E-state index in [-0.39, 0.29) is 12.5 Å². The van der Waals surface area contributed by atoms with Gasteiger partial charge in [-0.05, 0) is 49.2 Å².